The van der Waals surface area contributed by atoms with Crippen molar-refractivity contribution >= 4 is 11.8 Å². The number of rotatable bonds is 3. The zero-order valence-corrected chi connectivity index (χ0v) is 9.19. The number of benzene rings is 1. The maximum Gasteiger partial charge on any atom is 0.317 e. The fourth-order valence-electron chi connectivity index (χ4n) is 2.13. The lowest BCUT2D eigenvalue weighted by atomic mass is 9.64. The fraction of sp³-hybridized carbons (Fsp3) is 0.385. The Morgan fingerprint density at radius 3 is 2.44 bits per heavy atom. The van der Waals surface area contributed by atoms with Crippen molar-refractivity contribution in [2.75, 3.05) is 0 Å². The first-order chi connectivity index (χ1) is 7.56. The van der Waals surface area contributed by atoms with Crippen molar-refractivity contribution in [1.29, 1.82) is 0 Å². The quantitative estimate of drug-likeness (QED) is 0.626. The molecule has 0 aliphatic heterocycles. The van der Waals surface area contributed by atoms with Crippen LogP contribution in [0.1, 0.15) is 35.2 Å². The van der Waals surface area contributed by atoms with Crippen LogP contribution in [-0.4, -0.2) is 16.9 Å². The molecule has 0 bridgehead atoms. The number of hydrogen-bond acceptors (Lipinski definition) is 2. The molecule has 1 N–H and O–H groups in total. The maximum atomic E-state index is 12.2. The van der Waals surface area contributed by atoms with Crippen LogP contribution in [0.5, 0.6) is 0 Å². The van der Waals surface area contributed by atoms with E-state index in [-0.39, 0.29) is 5.78 Å². The van der Waals surface area contributed by atoms with Crippen LogP contribution in [0.3, 0.4) is 0 Å². The molecule has 0 aromatic heterocycles. The van der Waals surface area contributed by atoms with E-state index in [0.29, 0.717) is 18.4 Å². The summed E-state index contributed by atoms with van der Waals surface area (Å²) < 4.78 is 0. The lowest BCUT2D eigenvalue weighted by molar-refractivity contribution is -0.150. The topological polar surface area (TPSA) is 54.4 Å². The van der Waals surface area contributed by atoms with Crippen LogP contribution >= 0.6 is 0 Å². The predicted molar refractivity (Wildman–Crippen MR) is 59.4 cm³/mol. The summed E-state index contributed by atoms with van der Waals surface area (Å²) in [5.74, 6) is -1.22. The smallest absolute Gasteiger partial charge is 0.317 e. The number of aliphatic carboxylic acids is 1. The van der Waals surface area contributed by atoms with E-state index >= 15 is 0 Å². The van der Waals surface area contributed by atoms with Crippen LogP contribution in [0.4, 0.5) is 0 Å². The summed E-state index contributed by atoms with van der Waals surface area (Å²) in [5.41, 5.74) is 0.348. The number of ketones is 1. The van der Waals surface area contributed by atoms with Gasteiger partial charge in [-0.05, 0) is 25.8 Å². The molecule has 3 nitrogen and oxygen atoms in total. The average molecular weight is 218 g/mol. The Balaban J connectivity index is 2.35. The number of aryl methyl sites for hydroxylation is 1. The van der Waals surface area contributed by atoms with Gasteiger partial charge in [0.1, 0.15) is 5.41 Å². The highest BCUT2D eigenvalue weighted by Crippen LogP contribution is 2.43. The molecule has 0 unspecified atom stereocenters. The molecule has 1 aromatic carbocycles. The highest BCUT2D eigenvalue weighted by Gasteiger charge is 2.51. The van der Waals surface area contributed by atoms with E-state index in [9.17, 15) is 9.59 Å². The van der Waals surface area contributed by atoms with Gasteiger partial charge < -0.3 is 5.11 Å². The first-order valence-electron chi connectivity index (χ1n) is 5.41. The SMILES string of the molecule is Cc1cccc(C(=O)C2(C(=O)O)CCC2)c1. The minimum atomic E-state index is -1.15. The Kier molecular flexibility index (Phi) is 2.54. The summed E-state index contributed by atoms with van der Waals surface area (Å²) in [4.78, 5) is 23.3. The zero-order valence-electron chi connectivity index (χ0n) is 9.19. The number of carbonyl (C=O) groups is 2. The van der Waals surface area contributed by atoms with Crippen molar-refractivity contribution in [3.8, 4) is 0 Å². The number of carboxylic acids is 1. The molecule has 1 saturated carbocycles. The van der Waals surface area contributed by atoms with Gasteiger partial charge in [0, 0.05) is 5.56 Å². The molecule has 1 aromatic rings. The van der Waals surface area contributed by atoms with Crippen molar-refractivity contribution in [3.63, 3.8) is 0 Å². The molecule has 84 valence electrons. The molecule has 0 spiro atoms. The van der Waals surface area contributed by atoms with E-state index in [1.54, 1.807) is 18.2 Å². The van der Waals surface area contributed by atoms with Gasteiger partial charge in [-0.25, -0.2) is 0 Å². The molecular formula is C13H14O3. The van der Waals surface area contributed by atoms with Gasteiger partial charge in [-0.15, -0.1) is 0 Å². The maximum absolute atomic E-state index is 12.2. The molecule has 0 saturated heterocycles. The molecule has 1 fully saturated rings. The van der Waals surface area contributed by atoms with Crippen LogP contribution in [-0.2, 0) is 4.79 Å². The highest BCUT2D eigenvalue weighted by atomic mass is 16.4. The van der Waals surface area contributed by atoms with Crippen LogP contribution in [0.2, 0.25) is 0 Å². The van der Waals surface area contributed by atoms with E-state index in [2.05, 4.69) is 0 Å². The average Bonchev–Trinajstić information content (AvgIpc) is 2.15. The van der Waals surface area contributed by atoms with Crippen LogP contribution in [0.25, 0.3) is 0 Å². The summed E-state index contributed by atoms with van der Waals surface area (Å²) in [7, 11) is 0. The zero-order chi connectivity index (χ0) is 11.8. The Hall–Kier alpha value is -1.64. The molecule has 0 heterocycles. The van der Waals surface area contributed by atoms with E-state index in [0.717, 1.165) is 12.0 Å². The normalized spacial score (nSPS) is 17.6. The molecule has 2 rings (SSSR count). The van der Waals surface area contributed by atoms with Gasteiger partial charge in [0.2, 0.25) is 0 Å². The molecule has 3 heteroatoms. The van der Waals surface area contributed by atoms with Crippen LogP contribution in [0.15, 0.2) is 24.3 Å². The molecule has 1 aliphatic carbocycles. The van der Waals surface area contributed by atoms with Crippen LogP contribution in [0, 0.1) is 12.3 Å². The molecule has 0 amide bonds. The second kappa shape index (κ2) is 3.74. The third kappa shape index (κ3) is 1.52. The summed E-state index contributed by atoms with van der Waals surface area (Å²) in [6.45, 7) is 1.89. The van der Waals surface area contributed by atoms with E-state index in [1.165, 1.54) is 0 Å². The third-order valence-electron chi connectivity index (χ3n) is 3.33. The summed E-state index contributed by atoms with van der Waals surface area (Å²) in [5, 5.41) is 9.16. The summed E-state index contributed by atoms with van der Waals surface area (Å²) >= 11 is 0. The third-order valence-corrected chi connectivity index (χ3v) is 3.33. The van der Waals surface area contributed by atoms with Gasteiger partial charge in [0.25, 0.3) is 0 Å². The van der Waals surface area contributed by atoms with Crippen molar-refractivity contribution in [2.45, 2.75) is 26.2 Å². The number of hydrogen-bond donors (Lipinski definition) is 1. The molecule has 1 aliphatic rings. The van der Waals surface area contributed by atoms with Gasteiger partial charge >= 0.3 is 5.97 Å². The summed E-state index contributed by atoms with van der Waals surface area (Å²) in [6.07, 6.45) is 1.76. The van der Waals surface area contributed by atoms with E-state index in [4.69, 9.17) is 5.11 Å². The molecule has 0 atom stereocenters. The largest absolute Gasteiger partial charge is 0.480 e. The van der Waals surface area contributed by atoms with Crippen molar-refractivity contribution in [2.24, 2.45) is 5.41 Å². The van der Waals surface area contributed by atoms with Gasteiger partial charge in [-0.1, -0.05) is 30.2 Å². The monoisotopic (exact) mass is 218 g/mol. The Morgan fingerprint density at radius 2 is 2.00 bits per heavy atom. The number of carboxylic acid groups (broad SMARTS) is 1. The lowest BCUT2D eigenvalue weighted by Gasteiger charge is -2.36. The van der Waals surface area contributed by atoms with Gasteiger partial charge in [-0.2, -0.15) is 0 Å². The Labute approximate surface area is 94.1 Å². The Bertz CT molecular complexity index is 444. The van der Waals surface area contributed by atoms with Gasteiger partial charge in [0.15, 0.2) is 5.78 Å². The minimum Gasteiger partial charge on any atom is -0.480 e. The van der Waals surface area contributed by atoms with E-state index in [1.807, 2.05) is 13.0 Å². The number of Topliss-reactive ketones (excluding diaryl/α,β-unsaturated/α-hetero) is 1. The first kappa shape index (κ1) is 10.9. The lowest BCUT2D eigenvalue weighted by Crippen LogP contribution is -2.45. The molecular weight excluding hydrogens is 204 g/mol. The molecule has 0 radical (unpaired) electrons. The number of carbonyl (C=O) groups excluding carboxylic acids is 1. The fourth-order valence-corrected chi connectivity index (χ4v) is 2.13. The van der Waals surface area contributed by atoms with Crippen molar-refractivity contribution < 1.29 is 14.7 Å². The standard InChI is InChI=1S/C13H14O3/c1-9-4-2-5-10(8-9)11(14)13(12(15)16)6-3-7-13/h2,4-5,8H,3,6-7H2,1H3,(H,15,16). The first-order valence-corrected chi connectivity index (χ1v) is 5.41. The second-order valence-electron chi connectivity index (χ2n) is 4.44. The van der Waals surface area contributed by atoms with Crippen molar-refractivity contribution in [1.82, 2.24) is 0 Å². The second-order valence-corrected chi connectivity index (χ2v) is 4.44. The van der Waals surface area contributed by atoms with E-state index < -0.39 is 11.4 Å². The van der Waals surface area contributed by atoms with Gasteiger partial charge in [0.05, 0.1) is 0 Å². The van der Waals surface area contributed by atoms with Crippen LogP contribution < -0.4 is 0 Å². The Morgan fingerprint density at radius 1 is 1.31 bits per heavy atom. The van der Waals surface area contributed by atoms with Gasteiger partial charge in [-0.3, -0.25) is 9.59 Å². The predicted octanol–water partition coefficient (Wildman–Crippen LogP) is 2.43. The molecule has 16 heavy (non-hydrogen) atoms. The minimum absolute atomic E-state index is 0.241. The highest BCUT2D eigenvalue weighted by molar-refractivity contribution is 6.12. The summed E-state index contributed by atoms with van der Waals surface area (Å²) in [6, 6.07) is 7.13. The van der Waals surface area contributed by atoms with Crippen molar-refractivity contribution in [3.05, 3.63) is 35.4 Å².